The minimum absolute atomic E-state index is 0.221. The number of nitrogen functional groups attached to an aromatic ring is 1. The highest BCUT2D eigenvalue weighted by atomic mass is 16.1. The minimum atomic E-state index is -0.308. The third kappa shape index (κ3) is 2.27. The van der Waals surface area contributed by atoms with Gasteiger partial charge in [-0.25, -0.2) is 0 Å². The van der Waals surface area contributed by atoms with Gasteiger partial charge in [0.2, 0.25) is 0 Å². The van der Waals surface area contributed by atoms with Gasteiger partial charge in [-0.1, -0.05) is 0 Å². The summed E-state index contributed by atoms with van der Waals surface area (Å²) >= 11 is 0. The summed E-state index contributed by atoms with van der Waals surface area (Å²) < 4.78 is 1.68. The van der Waals surface area contributed by atoms with Crippen molar-refractivity contribution in [1.82, 2.24) is 25.3 Å². The molecule has 0 aliphatic carbocycles. The number of nitrogens with two attached hydrogens (primary N) is 1. The zero-order chi connectivity index (χ0) is 12.4. The first-order valence-electron chi connectivity index (χ1n) is 5.15. The van der Waals surface area contributed by atoms with Crippen LogP contribution >= 0.6 is 0 Å². The van der Waals surface area contributed by atoms with Crippen LogP contribution < -0.4 is 11.1 Å². The molecule has 2 aromatic heterocycles. The number of amides is 1. The van der Waals surface area contributed by atoms with Crippen LogP contribution in [-0.4, -0.2) is 25.9 Å². The lowest BCUT2D eigenvalue weighted by molar-refractivity contribution is 0.0946. The Hall–Kier alpha value is -2.31. The quantitative estimate of drug-likeness (QED) is 0.693. The fourth-order valence-electron chi connectivity index (χ4n) is 1.42. The Balaban J connectivity index is 2.00. The lowest BCUT2D eigenvalue weighted by Crippen LogP contribution is -2.24. The van der Waals surface area contributed by atoms with Crippen molar-refractivity contribution >= 4 is 11.6 Å². The number of nitrogens with zero attached hydrogens (tertiary/aromatic N) is 3. The molecular formula is C10H14N6O. The molecule has 7 nitrogen and oxygen atoms in total. The highest BCUT2D eigenvalue weighted by Gasteiger charge is 2.14. The number of nitrogens with one attached hydrogen (secondary N) is 2. The second kappa shape index (κ2) is 4.28. The standard InChI is InChI=1S/C10H14N6O/c1-6-8(11)9(14-13-6)10(17)12-5-7-3-4-16(2)15-7/h3-4H,5,11H2,1-2H3,(H,12,17)(H,13,14). The first-order chi connectivity index (χ1) is 8.08. The molecule has 0 aliphatic heterocycles. The summed E-state index contributed by atoms with van der Waals surface area (Å²) in [6.45, 7) is 2.11. The smallest absolute Gasteiger partial charge is 0.274 e. The summed E-state index contributed by atoms with van der Waals surface area (Å²) in [6.07, 6.45) is 1.81. The molecule has 17 heavy (non-hydrogen) atoms. The molecule has 4 N–H and O–H groups in total. The molecule has 1 amide bonds. The molecule has 0 saturated carbocycles. The number of aromatic nitrogens is 4. The Morgan fingerprint density at radius 1 is 1.65 bits per heavy atom. The topological polar surface area (TPSA) is 102 Å². The van der Waals surface area contributed by atoms with Crippen LogP contribution in [0.2, 0.25) is 0 Å². The molecule has 7 heteroatoms. The van der Waals surface area contributed by atoms with Crippen LogP contribution in [0.4, 0.5) is 5.69 Å². The molecule has 2 rings (SSSR count). The second-order valence-corrected chi connectivity index (χ2v) is 3.77. The van der Waals surface area contributed by atoms with Gasteiger partial charge in [-0.2, -0.15) is 10.2 Å². The van der Waals surface area contributed by atoms with E-state index in [-0.39, 0.29) is 11.6 Å². The lowest BCUT2D eigenvalue weighted by Gasteiger charge is -2.01. The molecule has 0 radical (unpaired) electrons. The molecule has 0 bridgehead atoms. The predicted octanol–water partition coefficient (Wildman–Crippen LogP) is -0.0362. The van der Waals surface area contributed by atoms with Gasteiger partial charge in [0.1, 0.15) is 0 Å². The number of hydrogen-bond acceptors (Lipinski definition) is 4. The van der Waals surface area contributed by atoms with Crippen molar-refractivity contribution in [2.75, 3.05) is 5.73 Å². The first-order valence-corrected chi connectivity index (χ1v) is 5.15. The normalized spacial score (nSPS) is 10.5. The van der Waals surface area contributed by atoms with Gasteiger partial charge in [-0.15, -0.1) is 0 Å². The molecular weight excluding hydrogens is 220 g/mol. The summed E-state index contributed by atoms with van der Waals surface area (Å²) in [5.41, 5.74) is 7.77. The lowest BCUT2D eigenvalue weighted by atomic mass is 10.3. The fourth-order valence-corrected chi connectivity index (χ4v) is 1.42. The van der Waals surface area contributed by atoms with Gasteiger partial charge < -0.3 is 11.1 Å². The van der Waals surface area contributed by atoms with Gasteiger partial charge in [0.25, 0.3) is 5.91 Å². The maximum absolute atomic E-state index is 11.8. The average Bonchev–Trinajstić information content (AvgIpc) is 2.84. The predicted molar refractivity (Wildman–Crippen MR) is 62.1 cm³/mol. The maximum atomic E-state index is 11.8. The Bertz CT molecular complexity index is 541. The van der Waals surface area contributed by atoms with Crippen LogP contribution in [0.5, 0.6) is 0 Å². The van der Waals surface area contributed by atoms with Gasteiger partial charge in [0, 0.05) is 13.2 Å². The van der Waals surface area contributed by atoms with Gasteiger partial charge in [-0.3, -0.25) is 14.6 Å². The summed E-state index contributed by atoms with van der Waals surface area (Å²) in [5, 5.41) is 13.4. The van der Waals surface area contributed by atoms with Crippen molar-refractivity contribution in [3.8, 4) is 0 Å². The number of aryl methyl sites for hydroxylation is 2. The zero-order valence-electron chi connectivity index (χ0n) is 9.69. The Labute approximate surface area is 98.0 Å². The van der Waals surface area contributed by atoms with E-state index in [0.717, 1.165) is 5.69 Å². The summed E-state index contributed by atoms with van der Waals surface area (Å²) in [6, 6.07) is 1.83. The highest BCUT2D eigenvalue weighted by molar-refractivity contribution is 5.97. The van der Waals surface area contributed by atoms with Crippen LogP contribution in [0.25, 0.3) is 0 Å². The molecule has 0 atom stereocenters. The minimum Gasteiger partial charge on any atom is -0.395 e. The Morgan fingerprint density at radius 2 is 2.41 bits per heavy atom. The van der Waals surface area contributed by atoms with Crippen LogP contribution in [0.1, 0.15) is 21.9 Å². The van der Waals surface area contributed by atoms with E-state index in [1.807, 2.05) is 19.3 Å². The third-order valence-corrected chi connectivity index (χ3v) is 2.41. The molecule has 2 heterocycles. The van der Waals surface area contributed by atoms with Crippen molar-refractivity contribution in [2.24, 2.45) is 7.05 Å². The van der Waals surface area contributed by atoms with E-state index in [2.05, 4.69) is 20.6 Å². The zero-order valence-corrected chi connectivity index (χ0v) is 9.69. The first kappa shape index (κ1) is 11.2. The SMILES string of the molecule is Cc1[nH]nc(C(=O)NCc2ccn(C)n2)c1N. The fraction of sp³-hybridized carbons (Fsp3) is 0.300. The van der Waals surface area contributed by atoms with Gasteiger partial charge >= 0.3 is 0 Å². The molecule has 0 spiro atoms. The molecule has 0 aliphatic rings. The molecule has 0 unspecified atom stereocenters. The van der Waals surface area contributed by atoms with E-state index in [4.69, 9.17) is 5.73 Å². The highest BCUT2D eigenvalue weighted by Crippen LogP contribution is 2.11. The van der Waals surface area contributed by atoms with E-state index in [0.29, 0.717) is 17.9 Å². The monoisotopic (exact) mass is 234 g/mol. The van der Waals surface area contributed by atoms with Crippen molar-refractivity contribution in [2.45, 2.75) is 13.5 Å². The number of carbonyl (C=O) groups excluding carboxylic acids is 1. The number of hydrogen-bond donors (Lipinski definition) is 3. The van der Waals surface area contributed by atoms with E-state index in [1.54, 1.807) is 11.6 Å². The van der Waals surface area contributed by atoms with Gasteiger partial charge in [0.05, 0.1) is 23.6 Å². The third-order valence-electron chi connectivity index (χ3n) is 2.41. The molecule has 2 aromatic rings. The van der Waals surface area contributed by atoms with E-state index >= 15 is 0 Å². The Kier molecular flexibility index (Phi) is 2.82. The molecule has 0 saturated heterocycles. The summed E-state index contributed by atoms with van der Waals surface area (Å²) in [4.78, 5) is 11.8. The summed E-state index contributed by atoms with van der Waals surface area (Å²) in [5.74, 6) is -0.308. The largest absolute Gasteiger partial charge is 0.395 e. The second-order valence-electron chi connectivity index (χ2n) is 3.77. The van der Waals surface area contributed by atoms with Crippen LogP contribution in [0.15, 0.2) is 12.3 Å². The van der Waals surface area contributed by atoms with E-state index < -0.39 is 0 Å². The number of H-pyrrole nitrogens is 1. The average molecular weight is 234 g/mol. The number of carbonyl (C=O) groups is 1. The van der Waals surface area contributed by atoms with Crippen LogP contribution in [0, 0.1) is 6.92 Å². The van der Waals surface area contributed by atoms with Crippen LogP contribution in [-0.2, 0) is 13.6 Å². The molecule has 0 aromatic carbocycles. The molecule has 0 fully saturated rings. The molecule has 90 valence electrons. The van der Waals surface area contributed by atoms with Crippen molar-refractivity contribution in [3.63, 3.8) is 0 Å². The maximum Gasteiger partial charge on any atom is 0.274 e. The Morgan fingerprint density at radius 3 is 2.94 bits per heavy atom. The van der Waals surface area contributed by atoms with Crippen molar-refractivity contribution in [1.29, 1.82) is 0 Å². The van der Waals surface area contributed by atoms with Gasteiger partial charge in [0.15, 0.2) is 5.69 Å². The van der Waals surface area contributed by atoms with Crippen LogP contribution in [0.3, 0.4) is 0 Å². The number of rotatable bonds is 3. The van der Waals surface area contributed by atoms with E-state index in [1.165, 1.54) is 0 Å². The number of aromatic amines is 1. The summed E-state index contributed by atoms with van der Waals surface area (Å²) in [7, 11) is 1.82. The number of anilines is 1. The van der Waals surface area contributed by atoms with Crippen molar-refractivity contribution < 1.29 is 4.79 Å². The van der Waals surface area contributed by atoms with Crippen molar-refractivity contribution in [3.05, 3.63) is 29.3 Å². The van der Waals surface area contributed by atoms with Gasteiger partial charge in [-0.05, 0) is 13.0 Å². The van der Waals surface area contributed by atoms with E-state index in [9.17, 15) is 4.79 Å².